The molecule has 2 aromatic carbocycles. The van der Waals surface area contributed by atoms with Crippen LogP contribution in [0.3, 0.4) is 0 Å². The number of fused-ring (bicyclic) bond motifs is 2. The predicted molar refractivity (Wildman–Crippen MR) is 121 cm³/mol. The van der Waals surface area contributed by atoms with E-state index >= 15 is 0 Å². The average Bonchev–Trinajstić information content (AvgIpc) is 3.27. The molecule has 1 N–H and O–H groups in total. The Morgan fingerprint density at radius 1 is 1.06 bits per heavy atom. The highest BCUT2D eigenvalue weighted by Crippen LogP contribution is 2.52. The van der Waals surface area contributed by atoms with Crippen LogP contribution in [0.1, 0.15) is 65.7 Å². The molecule has 4 rings (SSSR count). The van der Waals surface area contributed by atoms with E-state index < -0.39 is 0 Å². The van der Waals surface area contributed by atoms with Gasteiger partial charge in [0.15, 0.2) is 0 Å². The number of carbonyl (C=O) groups is 2. The highest BCUT2D eigenvalue weighted by molar-refractivity contribution is 5.97. The summed E-state index contributed by atoms with van der Waals surface area (Å²) in [4.78, 5) is 28.2. The van der Waals surface area contributed by atoms with Gasteiger partial charge in [-0.25, -0.2) is 0 Å². The van der Waals surface area contributed by atoms with E-state index in [0.717, 1.165) is 47.9 Å². The Hall–Kier alpha value is -2.66. The van der Waals surface area contributed by atoms with Crippen molar-refractivity contribution in [3.05, 3.63) is 70.8 Å². The first-order valence-electron chi connectivity index (χ1n) is 11.3. The number of nitrogens with zero attached hydrogens (tertiary/aromatic N) is 1. The Labute approximate surface area is 184 Å². The lowest BCUT2D eigenvalue weighted by Gasteiger charge is -2.42. The van der Waals surface area contributed by atoms with E-state index in [0.29, 0.717) is 12.6 Å². The van der Waals surface area contributed by atoms with Gasteiger partial charge in [0.1, 0.15) is 0 Å². The SMILES string of the molecule is CCOC(=O)CN1C2CCC1(C(NC(=O)c1c(C)cccc1C)c1ccccc1)CC2. The third-order valence-corrected chi connectivity index (χ3v) is 7.09. The number of ether oxygens (including phenoxy) is 1. The Bertz CT molecular complexity index is 928. The highest BCUT2D eigenvalue weighted by atomic mass is 16.5. The quantitative estimate of drug-likeness (QED) is 0.677. The van der Waals surface area contributed by atoms with Crippen LogP contribution in [0, 0.1) is 13.8 Å². The number of aryl methyl sites for hydroxylation is 2. The first-order chi connectivity index (χ1) is 15.0. The van der Waals surface area contributed by atoms with Crippen molar-refractivity contribution in [2.24, 2.45) is 0 Å². The van der Waals surface area contributed by atoms with Crippen molar-refractivity contribution >= 4 is 11.9 Å². The van der Waals surface area contributed by atoms with Crippen molar-refractivity contribution in [1.29, 1.82) is 0 Å². The van der Waals surface area contributed by atoms with E-state index in [1.165, 1.54) is 0 Å². The lowest BCUT2D eigenvalue weighted by atomic mass is 9.78. The summed E-state index contributed by atoms with van der Waals surface area (Å²) in [5.74, 6) is -0.237. The minimum Gasteiger partial charge on any atom is -0.465 e. The van der Waals surface area contributed by atoms with Gasteiger partial charge in [0.25, 0.3) is 5.91 Å². The zero-order chi connectivity index (χ0) is 22.0. The van der Waals surface area contributed by atoms with Gasteiger partial charge in [-0.05, 0) is 63.1 Å². The van der Waals surface area contributed by atoms with Gasteiger partial charge in [-0.1, -0.05) is 48.5 Å². The summed E-state index contributed by atoms with van der Waals surface area (Å²) < 4.78 is 5.27. The second-order valence-electron chi connectivity index (χ2n) is 8.85. The zero-order valence-electron chi connectivity index (χ0n) is 18.7. The monoisotopic (exact) mass is 420 g/mol. The molecule has 0 aromatic heterocycles. The second kappa shape index (κ2) is 8.83. The third kappa shape index (κ3) is 3.99. The number of carbonyl (C=O) groups excluding carboxylic acids is 2. The van der Waals surface area contributed by atoms with Crippen LogP contribution in [0.4, 0.5) is 0 Å². The summed E-state index contributed by atoms with van der Waals surface area (Å²) in [5, 5.41) is 3.39. The Balaban J connectivity index is 1.70. The summed E-state index contributed by atoms with van der Waals surface area (Å²) >= 11 is 0. The summed E-state index contributed by atoms with van der Waals surface area (Å²) in [6, 6.07) is 16.3. The first kappa shape index (κ1) is 21.6. The summed E-state index contributed by atoms with van der Waals surface area (Å²) in [6.07, 6.45) is 4.01. The highest BCUT2D eigenvalue weighted by Gasteiger charge is 2.57. The number of benzene rings is 2. The lowest BCUT2D eigenvalue weighted by Crippen LogP contribution is -2.53. The van der Waals surface area contributed by atoms with Crippen LogP contribution in [0.5, 0.6) is 0 Å². The first-order valence-corrected chi connectivity index (χ1v) is 11.3. The maximum Gasteiger partial charge on any atom is 0.320 e. The molecular formula is C26H32N2O3. The van der Waals surface area contributed by atoms with Gasteiger partial charge in [-0.15, -0.1) is 0 Å². The molecule has 2 fully saturated rings. The van der Waals surface area contributed by atoms with E-state index in [1.54, 1.807) is 0 Å². The van der Waals surface area contributed by atoms with E-state index in [1.807, 2.05) is 57.2 Å². The maximum atomic E-state index is 13.5. The van der Waals surface area contributed by atoms with E-state index in [4.69, 9.17) is 4.74 Å². The number of hydrogen-bond acceptors (Lipinski definition) is 4. The van der Waals surface area contributed by atoms with Gasteiger partial charge in [0.05, 0.1) is 19.2 Å². The molecule has 0 saturated carbocycles. The van der Waals surface area contributed by atoms with Crippen molar-refractivity contribution in [2.45, 2.75) is 64.1 Å². The fourth-order valence-electron chi connectivity index (χ4n) is 5.70. The number of nitrogens with one attached hydrogen (secondary N) is 1. The molecule has 5 heteroatoms. The molecule has 2 saturated heterocycles. The van der Waals surface area contributed by atoms with E-state index in [2.05, 4.69) is 22.3 Å². The molecule has 2 bridgehead atoms. The molecule has 164 valence electrons. The van der Waals surface area contributed by atoms with Crippen LogP contribution in [-0.2, 0) is 9.53 Å². The molecule has 1 unspecified atom stereocenters. The van der Waals surface area contributed by atoms with Crippen molar-refractivity contribution < 1.29 is 14.3 Å². The molecule has 31 heavy (non-hydrogen) atoms. The van der Waals surface area contributed by atoms with Crippen LogP contribution >= 0.6 is 0 Å². The number of amides is 1. The normalized spacial score (nSPS) is 23.5. The molecule has 2 aromatic rings. The van der Waals surface area contributed by atoms with Crippen molar-refractivity contribution in [2.75, 3.05) is 13.2 Å². The van der Waals surface area contributed by atoms with Crippen LogP contribution in [0.2, 0.25) is 0 Å². The van der Waals surface area contributed by atoms with E-state index in [9.17, 15) is 9.59 Å². The van der Waals surface area contributed by atoms with Crippen LogP contribution in [0.25, 0.3) is 0 Å². The van der Waals surface area contributed by atoms with Crippen LogP contribution in [0.15, 0.2) is 48.5 Å². The smallest absolute Gasteiger partial charge is 0.320 e. The molecule has 2 aliphatic heterocycles. The van der Waals surface area contributed by atoms with Gasteiger partial charge < -0.3 is 10.1 Å². The van der Waals surface area contributed by atoms with Crippen molar-refractivity contribution in [3.8, 4) is 0 Å². The van der Waals surface area contributed by atoms with E-state index in [-0.39, 0.29) is 30.0 Å². The molecular weight excluding hydrogens is 388 g/mol. The Morgan fingerprint density at radius 3 is 2.32 bits per heavy atom. The van der Waals surface area contributed by atoms with Crippen LogP contribution < -0.4 is 5.32 Å². The summed E-state index contributed by atoms with van der Waals surface area (Å²) in [5.41, 5.74) is 3.50. The molecule has 0 aliphatic carbocycles. The van der Waals surface area contributed by atoms with Gasteiger partial charge in [0.2, 0.25) is 0 Å². The third-order valence-electron chi connectivity index (χ3n) is 7.09. The second-order valence-corrected chi connectivity index (χ2v) is 8.85. The zero-order valence-corrected chi connectivity index (χ0v) is 18.7. The largest absolute Gasteiger partial charge is 0.465 e. The van der Waals surface area contributed by atoms with Gasteiger partial charge in [-0.2, -0.15) is 0 Å². The number of esters is 1. The topological polar surface area (TPSA) is 58.6 Å². The van der Waals surface area contributed by atoms with Gasteiger partial charge in [-0.3, -0.25) is 14.5 Å². The van der Waals surface area contributed by atoms with Gasteiger partial charge in [0, 0.05) is 17.1 Å². The maximum absolute atomic E-state index is 13.5. The Kier molecular flexibility index (Phi) is 6.15. The minimum absolute atomic E-state index is 0.0507. The van der Waals surface area contributed by atoms with Crippen LogP contribution in [-0.4, -0.2) is 41.5 Å². The standard InChI is InChI=1S/C26H32N2O3/c1-4-31-22(29)17-28-21-13-15-26(28,16-14-21)24(20-11-6-5-7-12-20)27-25(30)23-18(2)9-8-10-19(23)3/h5-12,21,24H,4,13-17H2,1-3H3,(H,27,30). The minimum atomic E-state index is -0.273. The number of hydrogen-bond donors (Lipinski definition) is 1. The fourth-order valence-corrected chi connectivity index (χ4v) is 5.70. The van der Waals surface area contributed by atoms with Gasteiger partial charge >= 0.3 is 5.97 Å². The molecule has 0 spiro atoms. The van der Waals surface area contributed by atoms with Crippen molar-refractivity contribution in [3.63, 3.8) is 0 Å². The average molecular weight is 421 g/mol. The molecule has 1 amide bonds. The fraction of sp³-hybridized carbons (Fsp3) is 0.462. The summed E-state index contributed by atoms with van der Waals surface area (Å²) in [7, 11) is 0. The summed E-state index contributed by atoms with van der Waals surface area (Å²) in [6.45, 7) is 6.46. The molecule has 2 heterocycles. The molecule has 5 nitrogen and oxygen atoms in total. The Morgan fingerprint density at radius 2 is 1.71 bits per heavy atom. The molecule has 0 radical (unpaired) electrons. The number of rotatable bonds is 7. The molecule has 2 aliphatic rings. The lowest BCUT2D eigenvalue weighted by molar-refractivity contribution is -0.145. The van der Waals surface area contributed by atoms with Crippen molar-refractivity contribution in [1.82, 2.24) is 10.2 Å². The molecule has 1 atom stereocenters. The predicted octanol–water partition coefficient (Wildman–Crippen LogP) is 4.33.